The van der Waals surface area contributed by atoms with Crippen LogP contribution < -0.4 is 20.3 Å². The lowest BCUT2D eigenvalue weighted by atomic mass is 10.2. The molecule has 3 heterocycles. The first-order chi connectivity index (χ1) is 14.5. The minimum Gasteiger partial charge on any atom is -0.454 e. The fraction of sp³-hybridized carbons (Fsp3) is 0.227. The van der Waals surface area contributed by atoms with E-state index in [1.165, 1.54) is 4.68 Å². The molecule has 1 unspecified atom stereocenters. The summed E-state index contributed by atoms with van der Waals surface area (Å²) in [5.74, 6) is 1.08. The van der Waals surface area contributed by atoms with Crippen molar-refractivity contribution in [3.05, 3.63) is 64.1 Å². The third-order valence-corrected chi connectivity index (χ3v) is 6.53. The summed E-state index contributed by atoms with van der Waals surface area (Å²) in [4.78, 5) is 26.0. The number of nitrogens with zero attached hydrogens (tertiary/aromatic N) is 2. The molecule has 0 bridgehead atoms. The average Bonchev–Trinajstić information content (AvgIpc) is 3.38. The maximum absolute atomic E-state index is 13.2. The fourth-order valence-corrected chi connectivity index (χ4v) is 4.78. The van der Waals surface area contributed by atoms with E-state index in [2.05, 4.69) is 10.4 Å². The van der Waals surface area contributed by atoms with E-state index >= 15 is 0 Å². The van der Waals surface area contributed by atoms with Gasteiger partial charge in [-0.2, -0.15) is 5.10 Å². The van der Waals surface area contributed by atoms with Gasteiger partial charge in [0, 0.05) is 16.6 Å². The molecule has 0 saturated carbocycles. The van der Waals surface area contributed by atoms with E-state index in [1.54, 1.807) is 18.3 Å². The number of carbonyl (C=O) groups is 1. The first-order valence-corrected chi connectivity index (χ1v) is 10.4. The van der Waals surface area contributed by atoms with Crippen LogP contribution in [0.5, 0.6) is 11.5 Å². The zero-order valence-electron chi connectivity index (χ0n) is 16.5. The van der Waals surface area contributed by atoms with Crippen LogP contribution in [0.2, 0.25) is 0 Å². The molecular weight excluding hydrogens is 402 g/mol. The first-order valence-electron chi connectivity index (χ1n) is 9.60. The Morgan fingerprint density at radius 1 is 1.23 bits per heavy atom. The van der Waals surface area contributed by atoms with E-state index < -0.39 is 6.04 Å². The van der Waals surface area contributed by atoms with Gasteiger partial charge in [0.05, 0.1) is 15.8 Å². The van der Waals surface area contributed by atoms with Crippen LogP contribution in [-0.4, -0.2) is 22.5 Å². The Balaban J connectivity index is 1.43. The Hall–Kier alpha value is -3.39. The maximum Gasteiger partial charge on any atom is 0.276 e. The van der Waals surface area contributed by atoms with E-state index in [0.717, 1.165) is 26.0 Å². The number of benzene rings is 2. The number of aromatic nitrogens is 2. The standard InChI is InChI=1S/C22H19N3O4S/c1-12-20-19(15-5-3-4-6-18(15)30-20)22(27)25(24-12)13(2)21(26)23-10-14-7-8-16-17(9-14)29-11-28-16/h3-9,13H,10-11H2,1-2H3,(H,23,26). The van der Waals surface area contributed by atoms with Gasteiger partial charge in [-0.15, -0.1) is 11.3 Å². The molecule has 1 N–H and O–H groups in total. The molecule has 2 aromatic heterocycles. The van der Waals surface area contributed by atoms with Gasteiger partial charge in [0.2, 0.25) is 12.7 Å². The second-order valence-corrected chi connectivity index (χ2v) is 8.27. The highest BCUT2D eigenvalue weighted by molar-refractivity contribution is 7.26. The SMILES string of the molecule is Cc1nn(C(C)C(=O)NCc2ccc3c(c2)OCO3)c(=O)c2c1sc1ccccc12. The highest BCUT2D eigenvalue weighted by atomic mass is 32.1. The zero-order valence-corrected chi connectivity index (χ0v) is 17.3. The van der Waals surface area contributed by atoms with E-state index in [4.69, 9.17) is 9.47 Å². The Kier molecular flexibility index (Phi) is 4.43. The van der Waals surface area contributed by atoms with Crippen LogP contribution in [0.4, 0.5) is 0 Å². The summed E-state index contributed by atoms with van der Waals surface area (Å²) in [7, 11) is 0. The number of carbonyl (C=O) groups excluding carboxylic acids is 1. The third-order valence-electron chi connectivity index (χ3n) is 5.25. The van der Waals surface area contributed by atoms with Crippen molar-refractivity contribution in [1.82, 2.24) is 15.1 Å². The van der Waals surface area contributed by atoms with Crippen LogP contribution in [0.25, 0.3) is 20.2 Å². The van der Waals surface area contributed by atoms with Crippen molar-refractivity contribution in [1.29, 1.82) is 0 Å². The molecule has 4 aromatic rings. The molecule has 1 atom stereocenters. The third kappa shape index (κ3) is 3.00. The molecule has 1 amide bonds. The number of ether oxygens (including phenoxy) is 2. The molecule has 0 fully saturated rings. The molecule has 152 valence electrons. The smallest absolute Gasteiger partial charge is 0.276 e. The van der Waals surface area contributed by atoms with Gasteiger partial charge in [-0.25, -0.2) is 4.68 Å². The van der Waals surface area contributed by atoms with Gasteiger partial charge in [-0.05, 0) is 37.6 Å². The molecule has 8 heteroatoms. The number of thiophene rings is 1. The van der Waals surface area contributed by atoms with Crippen molar-refractivity contribution < 1.29 is 14.3 Å². The van der Waals surface area contributed by atoms with Crippen LogP contribution >= 0.6 is 11.3 Å². The minimum absolute atomic E-state index is 0.204. The number of hydrogen-bond acceptors (Lipinski definition) is 6. The molecule has 30 heavy (non-hydrogen) atoms. The monoisotopic (exact) mass is 421 g/mol. The summed E-state index contributed by atoms with van der Waals surface area (Å²) in [5.41, 5.74) is 1.37. The Morgan fingerprint density at radius 2 is 2.03 bits per heavy atom. The largest absolute Gasteiger partial charge is 0.454 e. The first kappa shape index (κ1) is 18.6. The topological polar surface area (TPSA) is 82.5 Å². The second kappa shape index (κ2) is 7.14. The number of aryl methyl sites for hydroxylation is 1. The molecule has 0 aliphatic carbocycles. The highest BCUT2D eigenvalue weighted by Crippen LogP contribution is 2.33. The van der Waals surface area contributed by atoms with Crippen molar-refractivity contribution in [3.63, 3.8) is 0 Å². The normalized spacial score (nSPS) is 13.7. The second-order valence-electron chi connectivity index (χ2n) is 7.22. The zero-order chi connectivity index (χ0) is 20.8. The van der Waals surface area contributed by atoms with Crippen LogP contribution in [0.1, 0.15) is 24.2 Å². The van der Waals surface area contributed by atoms with Crippen molar-refractivity contribution in [3.8, 4) is 11.5 Å². The quantitative estimate of drug-likeness (QED) is 0.545. The van der Waals surface area contributed by atoms with Crippen molar-refractivity contribution >= 4 is 37.4 Å². The van der Waals surface area contributed by atoms with E-state index in [-0.39, 0.29) is 18.3 Å². The van der Waals surface area contributed by atoms with Gasteiger partial charge in [-0.3, -0.25) is 9.59 Å². The van der Waals surface area contributed by atoms with E-state index in [9.17, 15) is 9.59 Å². The summed E-state index contributed by atoms with van der Waals surface area (Å²) in [6.45, 7) is 4.07. The predicted molar refractivity (Wildman–Crippen MR) is 115 cm³/mol. The summed E-state index contributed by atoms with van der Waals surface area (Å²) < 4.78 is 13.9. The predicted octanol–water partition coefficient (Wildman–Crippen LogP) is 3.53. The van der Waals surface area contributed by atoms with Crippen molar-refractivity contribution in [2.24, 2.45) is 0 Å². The number of rotatable bonds is 4. The van der Waals surface area contributed by atoms with Gasteiger partial charge in [0.1, 0.15) is 6.04 Å². The molecule has 0 saturated heterocycles. The average molecular weight is 421 g/mol. The lowest BCUT2D eigenvalue weighted by Crippen LogP contribution is -2.37. The van der Waals surface area contributed by atoms with Gasteiger partial charge >= 0.3 is 0 Å². The van der Waals surface area contributed by atoms with Gasteiger partial charge < -0.3 is 14.8 Å². The summed E-state index contributed by atoms with van der Waals surface area (Å²) >= 11 is 1.55. The molecule has 2 aromatic carbocycles. The number of fused-ring (bicyclic) bond motifs is 4. The summed E-state index contributed by atoms with van der Waals surface area (Å²) in [6.07, 6.45) is 0. The van der Waals surface area contributed by atoms with Gasteiger partial charge in [-0.1, -0.05) is 24.3 Å². The van der Waals surface area contributed by atoms with Crippen LogP contribution in [0.15, 0.2) is 47.3 Å². The summed E-state index contributed by atoms with van der Waals surface area (Å²) in [5, 5.41) is 8.84. The highest BCUT2D eigenvalue weighted by Gasteiger charge is 2.22. The van der Waals surface area contributed by atoms with Crippen molar-refractivity contribution in [2.75, 3.05) is 6.79 Å². The van der Waals surface area contributed by atoms with Gasteiger partial charge in [0.25, 0.3) is 5.56 Å². The van der Waals surface area contributed by atoms with Crippen molar-refractivity contribution in [2.45, 2.75) is 26.4 Å². The lowest BCUT2D eigenvalue weighted by molar-refractivity contribution is -0.124. The fourth-order valence-electron chi connectivity index (χ4n) is 3.64. The Morgan fingerprint density at radius 3 is 2.90 bits per heavy atom. The van der Waals surface area contributed by atoms with E-state index in [0.29, 0.717) is 23.4 Å². The molecule has 1 aliphatic heterocycles. The number of nitrogens with one attached hydrogen (secondary N) is 1. The summed E-state index contributed by atoms with van der Waals surface area (Å²) in [6, 6.07) is 12.6. The lowest BCUT2D eigenvalue weighted by Gasteiger charge is -2.15. The molecule has 1 aliphatic rings. The number of amides is 1. The van der Waals surface area contributed by atoms with Crippen LogP contribution in [0, 0.1) is 6.92 Å². The molecule has 7 nitrogen and oxygen atoms in total. The number of hydrogen-bond donors (Lipinski definition) is 1. The molecule has 0 radical (unpaired) electrons. The molecular formula is C22H19N3O4S. The maximum atomic E-state index is 13.2. The van der Waals surface area contributed by atoms with E-state index in [1.807, 2.05) is 49.4 Å². The van der Waals surface area contributed by atoms with Crippen LogP contribution in [0.3, 0.4) is 0 Å². The Bertz CT molecular complexity index is 1360. The molecule has 0 spiro atoms. The molecule has 5 rings (SSSR count). The van der Waals surface area contributed by atoms with Crippen LogP contribution in [-0.2, 0) is 11.3 Å². The van der Waals surface area contributed by atoms with Gasteiger partial charge in [0.15, 0.2) is 11.5 Å². The Labute approximate surface area is 175 Å². The minimum atomic E-state index is -0.742.